The topological polar surface area (TPSA) is 84.5 Å². The van der Waals surface area contributed by atoms with Crippen LogP contribution in [0.3, 0.4) is 0 Å². The lowest BCUT2D eigenvalue weighted by Gasteiger charge is -2.12. The second kappa shape index (κ2) is 15.2. The molecule has 7 heteroatoms. The largest absolute Gasteiger partial charge is 0.386 e. The van der Waals surface area contributed by atoms with Crippen molar-refractivity contribution >= 4 is 16.0 Å². The van der Waals surface area contributed by atoms with Crippen molar-refractivity contribution in [2.45, 2.75) is 46.5 Å². The van der Waals surface area contributed by atoms with Gasteiger partial charge in [-0.25, -0.2) is 0 Å². The molecule has 1 amide bonds. The van der Waals surface area contributed by atoms with Gasteiger partial charge in [0.1, 0.15) is 0 Å². The van der Waals surface area contributed by atoms with Gasteiger partial charge in [0.25, 0.3) is 10.1 Å². The highest BCUT2D eigenvalue weighted by Crippen LogP contribution is 2.03. The Bertz CT molecular complexity index is 643. The Morgan fingerprint density at radius 3 is 2.33 bits per heavy atom. The number of amides is 1. The van der Waals surface area contributed by atoms with Gasteiger partial charge in [0.05, 0.1) is 12.9 Å². The van der Waals surface area contributed by atoms with E-state index in [1.807, 2.05) is 57.2 Å². The zero-order valence-corrected chi connectivity index (χ0v) is 17.8. The molecular weight excluding hydrogens is 364 g/mol. The van der Waals surface area contributed by atoms with Gasteiger partial charge in [0, 0.05) is 31.6 Å². The molecule has 0 aliphatic carbocycles. The third-order valence-corrected chi connectivity index (χ3v) is 4.00. The summed E-state index contributed by atoms with van der Waals surface area (Å²) in [6, 6.07) is 9.91. The first kappa shape index (κ1) is 25.1. The predicted octanol–water partition coefficient (Wildman–Crippen LogP) is 3.01. The molecule has 0 radical (unpaired) electrons. The number of rotatable bonds is 12. The Balaban J connectivity index is 0.00000326. The predicted molar refractivity (Wildman–Crippen MR) is 111 cm³/mol. The van der Waals surface area contributed by atoms with Gasteiger partial charge in [-0.05, 0) is 18.4 Å². The normalized spacial score (nSPS) is 11.3. The van der Waals surface area contributed by atoms with Crippen molar-refractivity contribution in [1.29, 1.82) is 0 Å². The summed E-state index contributed by atoms with van der Waals surface area (Å²) >= 11 is 0. The van der Waals surface area contributed by atoms with Crippen LogP contribution in [0.4, 0.5) is 0 Å². The van der Waals surface area contributed by atoms with Crippen LogP contribution >= 0.6 is 0 Å². The summed E-state index contributed by atoms with van der Waals surface area (Å²) in [4.78, 5) is 11.9. The van der Waals surface area contributed by atoms with E-state index >= 15 is 0 Å². The highest BCUT2D eigenvalue weighted by atomic mass is 32.2. The fourth-order valence-corrected chi connectivity index (χ4v) is 2.63. The first-order chi connectivity index (χ1) is 12.9. The van der Waals surface area contributed by atoms with Crippen LogP contribution in [-0.2, 0) is 25.5 Å². The van der Waals surface area contributed by atoms with Crippen molar-refractivity contribution in [3.63, 3.8) is 0 Å². The lowest BCUT2D eigenvalue weighted by Crippen LogP contribution is -2.28. The maximum absolute atomic E-state index is 11.9. The van der Waals surface area contributed by atoms with Gasteiger partial charge in [-0.2, -0.15) is 8.42 Å². The van der Waals surface area contributed by atoms with Gasteiger partial charge in [-0.15, -0.1) is 0 Å². The second-order valence-corrected chi connectivity index (χ2v) is 7.32. The highest BCUT2D eigenvalue weighted by molar-refractivity contribution is 7.85. The van der Waals surface area contributed by atoms with E-state index in [0.717, 1.165) is 30.4 Å². The van der Waals surface area contributed by atoms with Crippen molar-refractivity contribution in [1.82, 2.24) is 10.6 Å². The average molecular weight is 399 g/mol. The molecule has 0 atom stereocenters. The van der Waals surface area contributed by atoms with E-state index in [0.29, 0.717) is 25.9 Å². The second-order valence-electron chi connectivity index (χ2n) is 5.68. The molecule has 0 bridgehead atoms. The number of benzene rings is 1. The third-order valence-electron chi connectivity index (χ3n) is 3.40. The van der Waals surface area contributed by atoms with Gasteiger partial charge in [-0.1, -0.05) is 57.2 Å². The monoisotopic (exact) mass is 398 g/mol. The van der Waals surface area contributed by atoms with Crippen molar-refractivity contribution < 1.29 is 17.4 Å². The Morgan fingerprint density at radius 1 is 1.07 bits per heavy atom. The number of allylic oxidation sites excluding steroid dienone is 1. The Morgan fingerprint density at radius 2 is 1.74 bits per heavy atom. The van der Waals surface area contributed by atoms with Crippen molar-refractivity contribution in [3.05, 3.63) is 47.7 Å². The zero-order chi connectivity index (χ0) is 20.5. The number of hydrogen-bond donors (Lipinski definition) is 2. The van der Waals surface area contributed by atoms with Crippen LogP contribution in [0.2, 0.25) is 0 Å². The fourth-order valence-electron chi connectivity index (χ4n) is 2.24. The molecule has 6 nitrogen and oxygen atoms in total. The van der Waals surface area contributed by atoms with Crippen LogP contribution in [-0.4, -0.2) is 40.3 Å². The molecule has 0 unspecified atom stereocenters. The van der Waals surface area contributed by atoms with Gasteiger partial charge in [0.15, 0.2) is 0 Å². The van der Waals surface area contributed by atoms with Crippen molar-refractivity contribution in [2.24, 2.45) is 0 Å². The summed E-state index contributed by atoms with van der Waals surface area (Å²) in [5.74, 6) is 0.0279. The van der Waals surface area contributed by atoms with E-state index in [9.17, 15) is 13.2 Å². The Hall–Kier alpha value is -1.86. The summed E-state index contributed by atoms with van der Waals surface area (Å²) in [5, 5.41) is 6.05. The Kier molecular flexibility index (Phi) is 14.2. The summed E-state index contributed by atoms with van der Waals surface area (Å²) in [7, 11) is -3.41. The van der Waals surface area contributed by atoms with Crippen LogP contribution in [0, 0.1) is 0 Å². The van der Waals surface area contributed by atoms with E-state index in [4.69, 9.17) is 0 Å². The van der Waals surface area contributed by atoms with Gasteiger partial charge in [0.2, 0.25) is 5.91 Å². The lowest BCUT2D eigenvalue weighted by atomic mass is 10.1. The molecule has 1 aromatic carbocycles. The van der Waals surface area contributed by atoms with E-state index in [1.54, 1.807) is 0 Å². The van der Waals surface area contributed by atoms with Crippen LogP contribution in [0.5, 0.6) is 0 Å². The zero-order valence-electron chi connectivity index (χ0n) is 17.0. The molecule has 154 valence electrons. The third kappa shape index (κ3) is 14.9. The number of carbonyl (C=O) groups is 1. The first-order valence-corrected chi connectivity index (χ1v) is 11.3. The molecule has 0 heterocycles. The molecule has 0 spiro atoms. The quantitative estimate of drug-likeness (QED) is 0.418. The molecule has 1 rings (SSSR count). The number of carbonyl (C=O) groups excluding carboxylic acids is 1. The first-order valence-electron chi connectivity index (χ1n) is 9.48. The summed E-state index contributed by atoms with van der Waals surface area (Å²) < 4.78 is 26.5. The number of nitrogens with one attached hydrogen (secondary N) is 2. The SMILES string of the molecule is CC.CC/C=C(\CCNC(=O)CCc1ccccc1)NCCOS(C)(=O)=O. The molecule has 0 saturated heterocycles. The number of hydrogen-bond acceptors (Lipinski definition) is 5. The van der Waals surface area contributed by atoms with Gasteiger partial charge in [-0.3, -0.25) is 8.98 Å². The summed E-state index contributed by atoms with van der Waals surface area (Å²) in [6.45, 7) is 7.05. The van der Waals surface area contributed by atoms with Crippen LogP contribution in [0.15, 0.2) is 42.1 Å². The summed E-state index contributed by atoms with van der Waals surface area (Å²) in [5.41, 5.74) is 2.12. The maximum atomic E-state index is 11.9. The lowest BCUT2D eigenvalue weighted by molar-refractivity contribution is -0.121. The van der Waals surface area contributed by atoms with E-state index in [-0.39, 0.29) is 12.5 Å². The number of aryl methyl sites for hydroxylation is 1. The molecule has 2 N–H and O–H groups in total. The van der Waals surface area contributed by atoms with Crippen molar-refractivity contribution in [2.75, 3.05) is 26.0 Å². The molecule has 27 heavy (non-hydrogen) atoms. The molecule has 0 aliphatic rings. The minimum atomic E-state index is -3.41. The van der Waals surface area contributed by atoms with E-state index in [2.05, 4.69) is 14.8 Å². The van der Waals surface area contributed by atoms with Crippen molar-refractivity contribution in [3.8, 4) is 0 Å². The van der Waals surface area contributed by atoms with E-state index < -0.39 is 10.1 Å². The van der Waals surface area contributed by atoms with E-state index in [1.165, 1.54) is 0 Å². The standard InChI is InChI=1S/C18H28N2O4S.C2H6/c1-3-7-17(19-14-15-24-25(2,22)23)12-13-20-18(21)11-10-16-8-5-4-6-9-16;1-2/h4-9,19H,3,10-15H2,1-2H3,(H,20,21);1-2H3/b17-7+;. The minimum Gasteiger partial charge on any atom is -0.386 e. The molecule has 0 aromatic heterocycles. The smallest absolute Gasteiger partial charge is 0.264 e. The molecule has 0 fully saturated rings. The average Bonchev–Trinajstić information content (AvgIpc) is 2.65. The van der Waals surface area contributed by atoms with Crippen LogP contribution in [0.1, 0.15) is 45.6 Å². The molecule has 0 saturated carbocycles. The molecule has 0 aliphatic heterocycles. The maximum Gasteiger partial charge on any atom is 0.264 e. The fraction of sp³-hybridized carbons (Fsp3) is 0.550. The molecular formula is C20H34N2O4S. The van der Waals surface area contributed by atoms with Gasteiger partial charge >= 0.3 is 0 Å². The summed E-state index contributed by atoms with van der Waals surface area (Å²) in [6.07, 6.45) is 5.77. The van der Waals surface area contributed by atoms with Crippen LogP contribution in [0.25, 0.3) is 0 Å². The minimum absolute atomic E-state index is 0.0279. The van der Waals surface area contributed by atoms with Crippen LogP contribution < -0.4 is 10.6 Å². The van der Waals surface area contributed by atoms with Gasteiger partial charge < -0.3 is 10.6 Å². The Labute approximate surface area is 164 Å². The molecule has 1 aromatic rings. The highest BCUT2D eigenvalue weighted by Gasteiger charge is 2.04.